The van der Waals surface area contributed by atoms with Gasteiger partial charge in [-0.05, 0) is 41.8 Å². The van der Waals surface area contributed by atoms with E-state index in [-0.39, 0.29) is 0 Å². The zero-order valence-corrected chi connectivity index (χ0v) is 20.4. The lowest BCUT2D eigenvalue weighted by atomic mass is 10.0. The Hall–Kier alpha value is -3.02. The number of methoxy groups -OCH3 is 2. The molecule has 1 heterocycles. The zero-order valence-electron chi connectivity index (χ0n) is 20.4. The summed E-state index contributed by atoms with van der Waals surface area (Å²) < 4.78 is 17.1. The van der Waals surface area contributed by atoms with Gasteiger partial charge in [0.05, 0.1) is 20.8 Å². The Kier molecular flexibility index (Phi) is 8.83. The van der Waals surface area contributed by atoms with Crippen molar-refractivity contribution in [3.8, 4) is 17.2 Å². The molecule has 0 bridgehead atoms. The van der Waals surface area contributed by atoms with Crippen LogP contribution in [0.15, 0.2) is 72.8 Å². The highest BCUT2D eigenvalue weighted by molar-refractivity contribution is 5.40. The molecule has 34 heavy (non-hydrogen) atoms. The molecule has 5 nitrogen and oxygen atoms in total. The second-order valence-corrected chi connectivity index (χ2v) is 8.77. The van der Waals surface area contributed by atoms with Crippen LogP contribution in [0, 0.1) is 0 Å². The summed E-state index contributed by atoms with van der Waals surface area (Å²) in [7, 11) is 3.43. The molecule has 0 aromatic heterocycles. The van der Waals surface area contributed by atoms with Gasteiger partial charge in [-0.15, -0.1) is 0 Å². The minimum atomic E-state index is 0.743. The molecule has 1 aliphatic rings. The van der Waals surface area contributed by atoms with E-state index in [9.17, 15) is 0 Å². The molecule has 0 atom stereocenters. The van der Waals surface area contributed by atoms with Gasteiger partial charge in [-0.2, -0.15) is 0 Å². The van der Waals surface area contributed by atoms with Crippen molar-refractivity contribution in [2.24, 2.45) is 0 Å². The fourth-order valence-electron chi connectivity index (χ4n) is 4.49. The maximum Gasteiger partial charge on any atom is 0.123 e. The van der Waals surface area contributed by atoms with Gasteiger partial charge in [0.15, 0.2) is 0 Å². The molecule has 3 aromatic carbocycles. The third-order valence-corrected chi connectivity index (χ3v) is 6.43. The fourth-order valence-corrected chi connectivity index (χ4v) is 4.49. The van der Waals surface area contributed by atoms with E-state index in [1.807, 2.05) is 12.1 Å². The lowest BCUT2D eigenvalue weighted by Crippen LogP contribution is -2.46. The molecule has 0 radical (unpaired) electrons. The second kappa shape index (κ2) is 12.4. The topological polar surface area (TPSA) is 34.2 Å². The quantitative estimate of drug-likeness (QED) is 0.381. The van der Waals surface area contributed by atoms with Gasteiger partial charge < -0.3 is 19.1 Å². The molecule has 0 aliphatic carbocycles. The monoisotopic (exact) mass is 460 g/mol. The van der Waals surface area contributed by atoms with Crippen LogP contribution in [0.25, 0.3) is 0 Å². The summed E-state index contributed by atoms with van der Waals surface area (Å²) in [5.74, 6) is 2.80. The number of para-hydroxylation sites is 1. The van der Waals surface area contributed by atoms with Gasteiger partial charge in [-0.1, -0.05) is 48.5 Å². The first-order valence-electron chi connectivity index (χ1n) is 12.2. The summed E-state index contributed by atoms with van der Waals surface area (Å²) in [5, 5.41) is 0. The van der Waals surface area contributed by atoms with Crippen LogP contribution >= 0.6 is 0 Å². The molecule has 1 aliphatic heterocycles. The third kappa shape index (κ3) is 6.75. The van der Waals surface area contributed by atoms with Crippen LogP contribution in [0.2, 0.25) is 0 Å². The summed E-state index contributed by atoms with van der Waals surface area (Å²) in [5.41, 5.74) is 3.73. The first kappa shape index (κ1) is 24.1. The third-order valence-electron chi connectivity index (χ3n) is 6.43. The SMILES string of the molecule is COc1ccc(OC)c(CN2CCN(CCCOc3ccccc3Cc3ccccc3)CC2)c1. The molecule has 1 saturated heterocycles. The predicted molar refractivity (Wildman–Crippen MR) is 137 cm³/mol. The molecule has 0 unspecified atom stereocenters. The van der Waals surface area contributed by atoms with E-state index in [1.165, 1.54) is 16.7 Å². The summed E-state index contributed by atoms with van der Waals surface area (Å²) in [6.07, 6.45) is 1.93. The minimum Gasteiger partial charge on any atom is -0.497 e. The van der Waals surface area contributed by atoms with Gasteiger partial charge in [-0.25, -0.2) is 0 Å². The predicted octanol–water partition coefficient (Wildman–Crippen LogP) is 4.88. The average molecular weight is 461 g/mol. The molecule has 0 spiro atoms. The Labute approximate surface area is 203 Å². The number of hydrogen-bond donors (Lipinski definition) is 0. The van der Waals surface area contributed by atoms with E-state index in [0.717, 1.165) is 76.0 Å². The Morgan fingerprint density at radius 2 is 1.44 bits per heavy atom. The zero-order chi connectivity index (χ0) is 23.6. The maximum absolute atomic E-state index is 6.19. The molecule has 5 heteroatoms. The average Bonchev–Trinajstić information content (AvgIpc) is 2.89. The minimum absolute atomic E-state index is 0.743. The van der Waals surface area contributed by atoms with Crippen molar-refractivity contribution >= 4 is 0 Å². The largest absolute Gasteiger partial charge is 0.497 e. The lowest BCUT2D eigenvalue weighted by molar-refractivity contribution is 0.120. The van der Waals surface area contributed by atoms with Gasteiger partial charge in [0.25, 0.3) is 0 Å². The van der Waals surface area contributed by atoms with Crippen molar-refractivity contribution in [1.82, 2.24) is 9.80 Å². The number of hydrogen-bond acceptors (Lipinski definition) is 5. The summed E-state index contributed by atoms with van der Waals surface area (Å²) in [6.45, 7) is 6.97. The summed E-state index contributed by atoms with van der Waals surface area (Å²) >= 11 is 0. The van der Waals surface area contributed by atoms with Crippen LogP contribution in [0.5, 0.6) is 17.2 Å². The fraction of sp³-hybridized carbons (Fsp3) is 0.379. The van der Waals surface area contributed by atoms with Crippen molar-refractivity contribution in [2.45, 2.75) is 19.4 Å². The Balaban J connectivity index is 1.20. The van der Waals surface area contributed by atoms with Gasteiger partial charge >= 0.3 is 0 Å². The molecule has 180 valence electrons. The number of piperazine rings is 1. The molecular formula is C29H36N2O3. The molecule has 4 rings (SSSR count). The van der Waals surface area contributed by atoms with Crippen LogP contribution in [-0.2, 0) is 13.0 Å². The molecule has 3 aromatic rings. The Morgan fingerprint density at radius 3 is 2.21 bits per heavy atom. The van der Waals surface area contributed by atoms with Crippen LogP contribution in [0.4, 0.5) is 0 Å². The first-order chi connectivity index (χ1) is 16.7. The number of benzene rings is 3. The van der Waals surface area contributed by atoms with Gasteiger partial charge in [-0.3, -0.25) is 4.90 Å². The van der Waals surface area contributed by atoms with Crippen molar-refractivity contribution in [3.05, 3.63) is 89.5 Å². The summed E-state index contributed by atoms with van der Waals surface area (Å²) in [4.78, 5) is 5.03. The van der Waals surface area contributed by atoms with Crippen LogP contribution in [0.1, 0.15) is 23.1 Å². The van der Waals surface area contributed by atoms with E-state index in [1.54, 1.807) is 14.2 Å². The lowest BCUT2D eigenvalue weighted by Gasteiger charge is -2.35. The maximum atomic E-state index is 6.19. The summed E-state index contributed by atoms with van der Waals surface area (Å²) in [6, 6.07) is 25.0. The standard InChI is InChI=1S/C29H36N2O3/c1-32-27-13-14-28(33-2)26(22-27)23-31-18-16-30(17-19-31)15-8-20-34-29-12-7-6-11-25(29)21-24-9-4-3-5-10-24/h3-7,9-14,22H,8,15-21,23H2,1-2H3. The highest BCUT2D eigenvalue weighted by Gasteiger charge is 2.18. The van der Waals surface area contributed by atoms with E-state index in [0.29, 0.717) is 0 Å². The van der Waals surface area contributed by atoms with Crippen molar-refractivity contribution < 1.29 is 14.2 Å². The molecule has 1 fully saturated rings. The molecule has 0 amide bonds. The molecule has 0 saturated carbocycles. The van der Waals surface area contributed by atoms with Crippen molar-refractivity contribution in [2.75, 3.05) is 53.6 Å². The number of nitrogens with zero attached hydrogens (tertiary/aromatic N) is 2. The van der Waals surface area contributed by atoms with E-state index >= 15 is 0 Å². The van der Waals surface area contributed by atoms with Crippen LogP contribution < -0.4 is 14.2 Å². The van der Waals surface area contributed by atoms with Crippen molar-refractivity contribution in [1.29, 1.82) is 0 Å². The highest BCUT2D eigenvalue weighted by atomic mass is 16.5. The molecular weight excluding hydrogens is 424 g/mol. The van der Waals surface area contributed by atoms with Crippen LogP contribution in [0.3, 0.4) is 0 Å². The van der Waals surface area contributed by atoms with Gasteiger partial charge in [0, 0.05) is 51.3 Å². The van der Waals surface area contributed by atoms with E-state index in [2.05, 4.69) is 70.5 Å². The van der Waals surface area contributed by atoms with Gasteiger partial charge in [0.1, 0.15) is 17.2 Å². The Morgan fingerprint density at radius 1 is 0.706 bits per heavy atom. The number of ether oxygens (including phenoxy) is 3. The van der Waals surface area contributed by atoms with Gasteiger partial charge in [0.2, 0.25) is 0 Å². The second-order valence-electron chi connectivity index (χ2n) is 8.77. The normalized spacial score (nSPS) is 14.6. The highest BCUT2D eigenvalue weighted by Crippen LogP contribution is 2.26. The smallest absolute Gasteiger partial charge is 0.123 e. The molecule has 0 N–H and O–H groups in total. The first-order valence-corrected chi connectivity index (χ1v) is 12.2. The Bertz CT molecular complexity index is 1020. The van der Waals surface area contributed by atoms with E-state index in [4.69, 9.17) is 14.2 Å². The van der Waals surface area contributed by atoms with Crippen LogP contribution in [-0.4, -0.2) is 63.4 Å². The van der Waals surface area contributed by atoms with Crippen molar-refractivity contribution in [3.63, 3.8) is 0 Å². The van der Waals surface area contributed by atoms with E-state index < -0.39 is 0 Å². The number of rotatable bonds is 11.